The van der Waals surface area contributed by atoms with Gasteiger partial charge in [0, 0.05) is 30.0 Å². The van der Waals surface area contributed by atoms with Gasteiger partial charge in [-0.3, -0.25) is 9.59 Å². The zero-order valence-electron chi connectivity index (χ0n) is 14.1. The van der Waals surface area contributed by atoms with Crippen LogP contribution in [0.5, 0.6) is 0 Å². The van der Waals surface area contributed by atoms with Crippen LogP contribution in [-0.2, 0) is 16.1 Å². The highest BCUT2D eigenvalue weighted by Crippen LogP contribution is 2.31. The Balaban J connectivity index is 1.73. The molecule has 1 aliphatic rings. The Kier molecular flexibility index (Phi) is 5.48. The number of benzene rings is 1. The summed E-state index contributed by atoms with van der Waals surface area (Å²) in [6, 6.07) is 10.2. The van der Waals surface area contributed by atoms with Crippen LogP contribution in [0.2, 0.25) is 0 Å². The number of thiophene rings is 1. The maximum Gasteiger partial charge on any atom is 0.225 e. The molecule has 1 aromatic carbocycles. The second kappa shape index (κ2) is 7.78. The van der Waals surface area contributed by atoms with Gasteiger partial charge in [-0.15, -0.1) is 11.3 Å². The van der Waals surface area contributed by atoms with Crippen molar-refractivity contribution in [3.63, 3.8) is 0 Å². The molecular weight excluding hydrogens is 339 g/mol. The van der Waals surface area contributed by atoms with Gasteiger partial charge >= 0.3 is 0 Å². The molecule has 1 aliphatic carbocycles. The molecule has 25 heavy (non-hydrogen) atoms. The van der Waals surface area contributed by atoms with Gasteiger partial charge < -0.3 is 10.2 Å². The minimum Gasteiger partial charge on any atom is -0.348 e. The lowest BCUT2D eigenvalue weighted by molar-refractivity contribution is -0.133. The van der Waals surface area contributed by atoms with Crippen molar-refractivity contribution in [2.45, 2.75) is 44.8 Å². The molecule has 1 fully saturated rings. The Hall–Kier alpha value is -2.21. The van der Waals surface area contributed by atoms with Crippen LogP contribution in [0.1, 0.15) is 42.7 Å². The van der Waals surface area contributed by atoms with Gasteiger partial charge in [0.25, 0.3) is 0 Å². The van der Waals surface area contributed by atoms with Crippen molar-refractivity contribution in [1.82, 2.24) is 10.2 Å². The van der Waals surface area contributed by atoms with E-state index in [9.17, 15) is 14.0 Å². The first-order valence-electron chi connectivity index (χ1n) is 8.38. The molecule has 0 radical (unpaired) electrons. The fourth-order valence-electron chi connectivity index (χ4n) is 2.87. The van der Waals surface area contributed by atoms with Crippen LogP contribution in [0, 0.1) is 5.82 Å². The minimum atomic E-state index is -0.341. The molecule has 0 aliphatic heterocycles. The normalized spacial score (nSPS) is 14.8. The van der Waals surface area contributed by atoms with Crippen molar-refractivity contribution in [1.29, 1.82) is 0 Å². The summed E-state index contributed by atoms with van der Waals surface area (Å²) in [5.41, 5.74) is 0.523. The smallest absolute Gasteiger partial charge is 0.225 e. The predicted molar refractivity (Wildman–Crippen MR) is 95.5 cm³/mol. The van der Waals surface area contributed by atoms with Crippen LogP contribution in [0.4, 0.5) is 4.39 Å². The third kappa shape index (κ3) is 4.66. The number of halogens is 1. The Morgan fingerprint density at radius 1 is 1.28 bits per heavy atom. The number of rotatable bonds is 7. The molecule has 1 N–H and O–H groups in total. The van der Waals surface area contributed by atoms with E-state index in [0.29, 0.717) is 5.56 Å². The van der Waals surface area contributed by atoms with Crippen LogP contribution in [0.25, 0.3) is 0 Å². The Bertz CT molecular complexity index is 744. The van der Waals surface area contributed by atoms with Gasteiger partial charge in [-0.2, -0.15) is 0 Å². The van der Waals surface area contributed by atoms with Gasteiger partial charge in [0.2, 0.25) is 11.8 Å². The van der Waals surface area contributed by atoms with Gasteiger partial charge in [-0.25, -0.2) is 4.39 Å². The summed E-state index contributed by atoms with van der Waals surface area (Å²) in [6.07, 6.45) is 2.08. The van der Waals surface area contributed by atoms with E-state index in [1.165, 1.54) is 24.3 Å². The lowest BCUT2D eigenvalue weighted by atomic mass is 10.1. The van der Waals surface area contributed by atoms with E-state index in [1.807, 2.05) is 17.5 Å². The summed E-state index contributed by atoms with van der Waals surface area (Å²) in [6.45, 7) is 1.72. The number of nitrogens with zero attached hydrogens (tertiary/aromatic N) is 1. The van der Waals surface area contributed by atoms with Crippen molar-refractivity contribution in [3.05, 3.63) is 58.0 Å². The van der Waals surface area contributed by atoms with Gasteiger partial charge in [-0.05, 0) is 30.4 Å². The third-order valence-corrected chi connectivity index (χ3v) is 5.24. The quantitative estimate of drug-likeness (QED) is 0.819. The molecule has 1 heterocycles. The van der Waals surface area contributed by atoms with Gasteiger partial charge in [0.15, 0.2) is 0 Å². The summed E-state index contributed by atoms with van der Waals surface area (Å²) in [4.78, 5) is 27.1. The van der Waals surface area contributed by atoms with Crippen LogP contribution < -0.4 is 5.32 Å². The van der Waals surface area contributed by atoms with Crippen LogP contribution in [0.3, 0.4) is 0 Å². The summed E-state index contributed by atoms with van der Waals surface area (Å²) in [5.74, 6) is -0.520. The molecule has 1 unspecified atom stereocenters. The zero-order chi connectivity index (χ0) is 17.8. The SMILES string of the molecule is CC(=O)NC(CC(=O)N(Cc1ccccc1F)C1CC1)c1cccs1. The van der Waals surface area contributed by atoms with E-state index in [1.54, 1.807) is 23.1 Å². The molecule has 1 saturated carbocycles. The monoisotopic (exact) mass is 360 g/mol. The molecule has 1 atom stereocenters. The summed E-state index contributed by atoms with van der Waals surface area (Å²) in [5, 5.41) is 4.78. The second-order valence-corrected chi connectivity index (χ2v) is 7.30. The average Bonchev–Trinajstić information content (AvgIpc) is 3.25. The molecule has 0 spiro atoms. The predicted octanol–water partition coefficient (Wildman–Crippen LogP) is 3.65. The van der Waals surface area contributed by atoms with E-state index in [-0.39, 0.29) is 42.7 Å². The molecule has 4 nitrogen and oxygen atoms in total. The first kappa shape index (κ1) is 17.6. The van der Waals surface area contributed by atoms with E-state index >= 15 is 0 Å². The summed E-state index contributed by atoms with van der Waals surface area (Å²) >= 11 is 1.51. The molecule has 3 rings (SSSR count). The molecular formula is C19H21FN2O2S. The van der Waals surface area contributed by atoms with Crippen LogP contribution in [-0.4, -0.2) is 22.8 Å². The molecule has 132 valence electrons. The maximum atomic E-state index is 14.0. The number of carbonyl (C=O) groups is 2. The van der Waals surface area contributed by atoms with Gasteiger partial charge in [0.1, 0.15) is 5.82 Å². The first-order valence-corrected chi connectivity index (χ1v) is 9.26. The van der Waals surface area contributed by atoms with Crippen molar-refractivity contribution >= 4 is 23.2 Å². The molecule has 2 aromatic rings. The average molecular weight is 360 g/mol. The molecule has 6 heteroatoms. The minimum absolute atomic E-state index is 0.0575. The lowest BCUT2D eigenvalue weighted by Crippen LogP contribution is -2.36. The summed E-state index contributed by atoms with van der Waals surface area (Å²) < 4.78 is 14.0. The van der Waals surface area contributed by atoms with Gasteiger partial charge in [-0.1, -0.05) is 24.3 Å². The first-order chi connectivity index (χ1) is 12.0. The van der Waals surface area contributed by atoms with Crippen molar-refractivity contribution in [2.75, 3.05) is 0 Å². The Morgan fingerprint density at radius 3 is 2.64 bits per heavy atom. The topological polar surface area (TPSA) is 49.4 Å². The Labute approximate surface area is 150 Å². The van der Waals surface area contributed by atoms with E-state index in [4.69, 9.17) is 0 Å². The number of amides is 2. The fraction of sp³-hybridized carbons (Fsp3) is 0.368. The summed E-state index contributed by atoms with van der Waals surface area (Å²) in [7, 11) is 0. The number of carbonyl (C=O) groups excluding carboxylic acids is 2. The van der Waals surface area contributed by atoms with Gasteiger partial charge in [0.05, 0.1) is 12.5 Å². The maximum absolute atomic E-state index is 14.0. The number of hydrogen-bond acceptors (Lipinski definition) is 3. The standard InChI is InChI=1S/C19H21FN2O2S/c1-13(23)21-17(18-7-4-10-25-18)11-19(24)22(15-8-9-15)12-14-5-2-3-6-16(14)20/h2-7,10,15,17H,8-9,11-12H2,1H3,(H,21,23). The number of nitrogens with one attached hydrogen (secondary N) is 1. The zero-order valence-corrected chi connectivity index (χ0v) is 14.9. The Morgan fingerprint density at radius 2 is 2.04 bits per heavy atom. The highest BCUT2D eigenvalue weighted by Gasteiger charge is 2.34. The van der Waals surface area contributed by atoms with Crippen molar-refractivity contribution in [3.8, 4) is 0 Å². The van der Waals surface area contributed by atoms with E-state index < -0.39 is 0 Å². The molecule has 0 saturated heterocycles. The molecule has 0 bridgehead atoms. The molecule has 1 aromatic heterocycles. The van der Waals surface area contributed by atoms with E-state index in [2.05, 4.69) is 5.32 Å². The highest BCUT2D eigenvalue weighted by atomic mass is 32.1. The van der Waals surface area contributed by atoms with Crippen LogP contribution in [0.15, 0.2) is 41.8 Å². The third-order valence-electron chi connectivity index (χ3n) is 4.25. The van der Waals surface area contributed by atoms with Crippen LogP contribution >= 0.6 is 11.3 Å². The lowest BCUT2D eigenvalue weighted by Gasteiger charge is -2.25. The molecule has 2 amide bonds. The fourth-order valence-corrected chi connectivity index (χ4v) is 3.64. The van der Waals surface area contributed by atoms with Crippen molar-refractivity contribution in [2.24, 2.45) is 0 Å². The highest BCUT2D eigenvalue weighted by molar-refractivity contribution is 7.10. The number of hydrogen-bond donors (Lipinski definition) is 1. The van der Waals surface area contributed by atoms with Crippen molar-refractivity contribution < 1.29 is 14.0 Å². The van der Waals surface area contributed by atoms with E-state index in [0.717, 1.165) is 17.7 Å². The second-order valence-electron chi connectivity index (χ2n) is 6.32. The largest absolute Gasteiger partial charge is 0.348 e.